The van der Waals surface area contributed by atoms with E-state index in [1.54, 1.807) is 19.2 Å². The third-order valence-electron chi connectivity index (χ3n) is 5.94. The number of nitrogens with one attached hydrogen (secondary N) is 1. The fraction of sp³-hybridized carbons (Fsp3) is 0.259. The van der Waals surface area contributed by atoms with Crippen molar-refractivity contribution in [2.24, 2.45) is 0 Å². The Balaban J connectivity index is 1.49. The van der Waals surface area contributed by atoms with Gasteiger partial charge in [-0.15, -0.1) is 0 Å². The maximum Gasteiger partial charge on any atom is 0.252 e. The molecule has 1 heterocycles. The normalized spacial score (nSPS) is 14.8. The molecule has 3 aromatic rings. The van der Waals surface area contributed by atoms with Crippen LogP contribution in [0.5, 0.6) is 5.75 Å². The first kappa shape index (κ1) is 22.4. The zero-order valence-corrected chi connectivity index (χ0v) is 18.8. The third kappa shape index (κ3) is 5.52. The van der Waals surface area contributed by atoms with Crippen molar-refractivity contribution < 1.29 is 14.3 Å². The molecule has 1 fully saturated rings. The van der Waals surface area contributed by atoms with Crippen LogP contribution >= 0.6 is 0 Å². The van der Waals surface area contributed by atoms with Gasteiger partial charge in [-0.2, -0.15) is 0 Å². The van der Waals surface area contributed by atoms with Gasteiger partial charge in [-0.1, -0.05) is 48.5 Å². The summed E-state index contributed by atoms with van der Waals surface area (Å²) in [5.41, 5.74) is 2.43. The highest BCUT2D eigenvalue weighted by atomic mass is 16.5. The predicted octanol–water partition coefficient (Wildman–Crippen LogP) is 3.91. The molecule has 1 unspecified atom stereocenters. The summed E-state index contributed by atoms with van der Waals surface area (Å²) >= 11 is 0. The van der Waals surface area contributed by atoms with E-state index in [0.717, 1.165) is 36.5 Å². The summed E-state index contributed by atoms with van der Waals surface area (Å²) < 4.78 is 5.26. The van der Waals surface area contributed by atoms with E-state index in [0.29, 0.717) is 18.7 Å². The molecular weight excluding hydrogens is 414 g/mol. The number of carbonyl (C=O) groups is 2. The highest BCUT2D eigenvalue weighted by molar-refractivity contribution is 5.97. The minimum atomic E-state index is -0.730. The van der Waals surface area contributed by atoms with Crippen LogP contribution in [0.4, 0.5) is 5.69 Å². The summed E-state index contributed by atoms with van der Waals surface area (Å²) in [6, 6.07) is 25.7. The molecule has 170 valence electrons. The summed E-state index contributed by atoms with van der Waals surface area (Å²) in [5.74, 6) is 0.486. The van der Waals surface area contributed by atoms with Crippen LogP contribution in [-0.4, -0.2) is 50.0 Å². The number of amides is 2. The van der Waals surface area contributed by atoms with Crippen molar-refractivity contribution in [3.63, 3.8) is 0 Å². The molecule has 3 aromatic carbocycles. The minimum absolute atomic E-state index is 0.0814. The maximum atomic E-state index is 13.6. The Hall–Kier alpha value is -3.80. The Morgan fingerprint density at radius 1 is 0.818 bits per heavy atom. The van der Waals surface area contributed by atoms with Crippen molar-refractivity contribution in [3.05, 3.63) is 96.1 Å². The van der Waals surface area contributed by atoms with Gasteiger partial charge in [0.15, 0.2) is 0 Å². The summed E-state index contributed by atoms with van der Waals surface area (Å²) in [5, 5.41) is 2.96. The second-order valence-corrected chi connectivity index (χ2v) is 8.05. The van der Waals surface area contributed by atoms with Crippen LogP contribution in [0.2, 0.25) is 0 Å². The van der Waals surface area contributed by atoms with E-state index < -0.39 is 6.04 Å². The molecule has 0 aromatic heterocycles. The summed E-state index contributed by atoms with van der Waals surface area (Å²) in [4.78, 5) is 30.6. The average Bonchev–Trinajstić information content (AvgIpc) is 3.14. The number of methoxy groups -OCH3 is 1. The van der Waals surface area contributed by atoms with Crippen LogP contribution in [0, 0.1) is 0 Å². The molecule has 1 N–H and O–H groups in total. The van der Waals surface area contributed by atoms with Crippen molar-refractivity contribution in [1.82, 2.24) is 10.2 Å². The molecule has 0 radical (unpaired) electrons. The molecule has 2 amide bonds. The number of benzene rings is 3. The Morgan fingerprint density at radius 3 is 2.15 bits per heavy atom. The molecule has 1 aliphatic rings. The number of hydrogen-bond donors (Lipinski definition) is 1. The largest absolute Gasteiger partial charge is 0.497 e. The number of rotatable bonds is 6. The van der Waals surface area contributed by atoms with Crippen LogP contribution in [0.25, 0.3) is 0 Å². The van der Waals surface area contributed by atoms with Crippen molar-refractivity contribution in [1.29, 1.82) is 0 Å². The van der Waals surface area contributed by atoms with Gasteiger partial charge in [0.2, 0.25) is 5.91 Å². The van der Waals surface area contributed by atoms with Crippen molar-refractivity contribution in [3.8, 4) is 5.75 Å². The monoisotopic (exact) mass is 443 g/mol. The minimum Gasteiger partial charge on any atom is -0.497 e. The summed E-state index contributed by atoms with van der Waals surface area (Å²) in [7, 11) is 1.66. The standard InChI is InChI=1S/C27H29N3O3/c1-33-24-15-13-23(14-16-24)29-17-8-18-30(20-19-29)27(32)25(21-9-4-2-5-10-21)28-26(31)22-11-6-3-7-12-22/h2-7,9-16,25H,8,17-20H2,1H3,(H,28,31). The van der Waals surface area contributed by atoms with Crippen LogP contribution in [0.1, 0.15) is 28.4 Å². The molecule has 1 atom stereocenters. The molecule has 0 aliphatic carbocycles. The second kappa shape index (κ2) is 10.7. The van der Waals surface area contributed by atoms with Gasteiger partial charge in [0.05, 0.1) is 7.11 Å². The Morgan fingerprint density at radius 2 is 1.48 bits per heavy atom. The molecule has 0 bridgehead atoms. The van der Waals surface area contributed by atoms with Gasteiger partial charge in [0.25, 0.3) is 5.91 Å². The predicted molar refractivity (Wildman–Crippen MR) is 129 cm³/mol. The fourth-order valence-corrected chi connectivity index (χ4v) is 4.11. The Kier molecular flexibility index (Phi) is 7.25. The lowest BCUT2D eigenvalue weighted by Gasteiger charge is -2.28. The van der Waals surface area contributed by atoms with Gasteiger partial charge in [-0.25, -0.2) is 0 Å². The van der Waals surface area contributed by atoms with E-state index in [4.69, 9.17) is 4.74 Å². The lowest BCUT2D eigenvalue weighted by atomic mass is 10.0. The van der Waals surface area contributed by atoms with Gasteiger partial charge in [0.1, 0.15) is 11.8 Å². The highest BCUT2D eigenvalue weighted by Gasteiger charge is 2.29. The molecular formula is C27H29N3O3. The number of ether oxygens (including phenoxy) is 1. The second-order valence-electron chi connectivity index (χ2n) is 8.05. The zero-order chi connectivity index (χ0) is 23.0. The molecule has 6 heteroatoms. The lowest BCUT2D eigenvalue weighted by Crippen LogP contribution is -2.44. The highest BCUT2D eigenvalue weighted by Crippen LogP contribution is 2.22. The van der Waals surface area contributed by atoms with Crippen LogP contribution in [0.15, 0.2) is 84.9 Å². The molecule has 33 heavy (non-hydrogen) atoms. The number of anilines is 1. The quantitative estimate of drug-likeness (QED) is 0.628. The van der Waals surface area contributed by atoms with E-state index in [1.807, 2.05) is 77.7 Å². The van der Waals surface area contributed by atoms with Crippen molar-refractivity contribution in [2.45, 2.75) is 12.5 Å². The van der Waals surface area contributed by atoms with E-state index in [9.17, 15) is 9.59 Å². The summed E-state index contributed by atoms with van der Waals surface area (Å²) in [6.07, 6.45) is 0.853. The number of nitrogens with zero attached hydrogens (tertiary/aromatic N) is 2. The first-order valence-electron chi connectivity index (χ1n) is 11.2. The van der Waals surface area contributed by atoms with E-state index in [1.165, 1.54) is 0 Å². The Bertz CT molecular complexity index is 1050. The smallest absolute Gasteiger partial charge is 0.252 e. The van der Waals surface area contributed by atoms with Gasteiger partial charge < -0.3 is 19.9 Å². The van der Waals surface area contributed by atoms with Crippen LogP contribution in [0.3, 0.4) is 0 Å². The number of carbonyl (C=O) groups excluding carboxylic acids is 2. The SMILES string of the molecule is COc1ccc(N2CCCN(C(=O)C(NC(=O)c3ccccc3)c3ccccc3)CC2)cc1. The van der Waals surface area contributed by atoms with Crippen LogP contribution in [-0.2, 0) is 4.79 Å². The zero-order valence-electron chi connectivity index (χ0n) is 18.8. The van der Waals surface area contributed by atoms with Crippen molar-refractivity contribution in [2.75, 3.05) is 38.2 Å². The lowest BCUT2D eigenvalue weighted by molar-refractivity contribution is -0.133. The van der Waals surface area contributed by atoms with E-state index >= 15 is 0 Å². The van der Waals surface area contributed by atoms with Crippen molar-refractivity contribution >= 4 is 17.5 Å². The van der Waals surface area contributed by atoms with Gasteiger partial charge in [-0.05, 0) is 48.4 Å². The molecule has 0 spiro atoms. The van der Waals surface area contributed by atoms with E-state index in [-0.39, 0.29) is 11.8 Å². The van der Waals surface area contributed by atoms with Gasteiger partial charge in [-0.3, -0.25) is 9.59 Å². The Labute approximate surface area is 194 Å². The first-order valence-corrected chi connectivity index (χ1v) is 11.2. The van der Waals surface area contributed by atoms with Crippen LogP contribution < -0.4 is 15.0 Å². The molecule has 4 rings (SSSR count). The summed E-state index contributed by atoms with van der Waals surface area (Å²) in [6.45, 7) is 2.83. The first-order chi connectivity index (χ1) is 16.2. The average molecular weight is 444 g/mol. The molecule has 1 aliphatic heterocycles. The molecule has 0 saturated carbocycles. The van der Waals surface area contributed by atoms with Gasteiger partial charge >= 0.3 is 0 Å². The van der Waals surface area contributed by atoms with Gasteiger partial charge in [0, 0.05) is 37.4 Å². The third-order valence-corrected chi connectivity index (χ3v) is 5.94. The number of hydrogen-bond acceptors (Lipinski definition) is 4. The molecule has 1 saturated heterocycles. The molecule has 6 nitrogen and oxygen atoms in total. The maximum absolute atomic E-state index is 13.6. The fourth-order valence-electron chi connectivity index (χ4n) is 4.11. The topological polar surface area (TPSA) is 61.9 Å². The van der Waals surface area contributed by atoms with E-state index in [2.05, 4.69) is 10.2 Å².